The summed E-state index contributed by atoms with van der Waals surface area (Å²) in [7, 11) is 0. The zero-order valence-corrected chi connectivity index (χ0v) is 38.6. The molecule has 1 heteroatoms. The van der Waals surface area contributed by atoms with Gasteiger partial charge in [0.25, 0.3) is 0 Å². The molecule has 0 amide bonds. The van der Waals surface area contributed by atoms with Crippen molar-refractivity contribution in [2.75, 3.05) is 4.90 Å². The van der Waals surface area contributed by atoms with E-state index in [0.29, 0.717) is 0 Å². The van der Waals surface area contributed by atoms with E-state index in [9.17, 15) is 0 Å². The van der Waals surface area contributed by atoms with Gasteiger partial charge >= 0.3 is 0 Å². The molecular formula is C68H47N. The van der Waals surface area contributed by atoms with Crippen LogP contribution in [0.15, 0.2) is 249 Å². The van der Waals surface area contributed by atoms with Crippen LogP contribution in [0.3, 0.4) is 0 Å². The number of hydrogen-bond acceptors (Lipinski definition) is 1. The number of hydrogen-bond donors (Lipinski definition) is 0. The molecule has 0 bridgehead atoms. The van der Waals surface area contributed by atoms with E-state index in [1.165, 1.54) is 111 Å². The van der Waals surface area contributed by atoms with Crippen molar-refractivity contribution in [1.82, 2.24) is 0 Å². The third-order valence-corrected chi connectivity index (χ3v) is 15.7. The maximum Gasteiger partial charge on any atom is 0.0725 e. The van der Waals surface area contributed by atoms with E-state index in [1.807, 2.05) is 0 Å². The molecule has 0 aromatic heterocycles. The largest absolute Gasteiger partial charge is 0.310 e. The van der Waals surface area contributed by atoms with E-state index in [1.54, 1.807) is 0 Å². The average molecular weight is 878 g/mol. The second-order valence-corrected chi connectivity index (χ2v) is 19.6. The van der Waals surface area contributed by atoms with Gasteiger partial charge in [0.15, 0.2) is 0 Å². The lowest BCUT2D eigenvalue weighted by Crippen LogP contribution is -2.25. The number of fused-ring (bicyclic) bond motifs is 14. The highest BCUT2D eigenvalue weighted by Gasteiger charge is 2.52. The van der Waals surface area contributed by atoms with E-state index in [4.69, 9.17) is 0 Å². The number of anilines is 3. The Balaban J connectivity index is 0.938. The molecule has 0 N–H and O–H groups in total. The summed E-state index contributed by atoms with van der Waals surface area (Å²) in [6.07, 6.45) is 0. The lowest BCUT2D eigenvalue weighted by Gasteiger charge is -2.31. The van der Waals surface area contributed by atoms with Crippen LogP contribution >= 0.6 is 0 Å². The smallest absolute Gasteiger partial charge is 0.0725 e. The first-order chi connectivity index (χ1) is 34.0. The Hall–Kier alpha value is -8.52. The van der Waals surface area contributed by atoms with Crippen LogP contribution in [0.25, 0.3) is 77.5 Å². The molecule has 11 aromatic rings. The first-order valence-electron chi connectivity index (χ1n) is 24.2. The second-order valence-electron chi connectivity index (χ2n) is 19.6. The van der Waals surface area contributed by atoms with Gasteiger partial charge in [-0.3, -0.25) is 0 Å². The van der Waals surface area contributed by atoms with Crippen molar-refractivity contribution in [1.29, 1.82) is 0 Å². The fourth-order valence-corrected chi connectivity index (χ4v) is 12.6. The van der Waals surface area contributed by atoms with Crippen LogP contribution in [0.5, 0.6) is 0 Å². The third-order valence-electron chi connectivity index (χ3n) is 15.7. The van der Waals surface area contributed by atoms with E-state index in [0.717, 1.165) is 17.1 Å². The molecular weight excluding hydrogens is 831 g/mol. The molecule has 324 valence electrons. The molecule has 0 atom stereocenters. The molecule has 0 fully saturated rings. The Morgan fingerprint density at radius 3 is 1.48 bits per heavy atom. The minimum Gasteiger partial charge on any atom is -0.310 e. The van der Waals surface area contributed by atoms with Crippen molar-refractivity contribution >= 4 is 27.8 Å². The molecule has 0 radical (unpaired) electrons. The molecule has 11 aromatic carbocycles. The molecule has 0 saturated heterocycles. The SMILES string of the molecule is CC1(C)c2ccccc2-c2ccc(N(c3ccc(-c4ccccc4)cc3)c3ccc(-c4cccc5c4-c4ccc(-c6cccc7ccccc67)cc4C54c5ccccc5-c5ccccc54)cc3)cc21. The molecule has 0 unspecified atom stereocenters. The van der Waals surface area contributed by atoms with Gasteiger partial charge in [0.1, 0.15) is 0 Å². The Kier molecular flexibility index (Phi) is 8.61. The predicted molar refractivity (Wildman–Crippen MR) is 289 cm³/mol. The van der Waals surface area contributed by atoms with E-state index in [2.05, 4.69) is 267 Å². The van der Waals surface area contributed by atoms with Gasteiger partial charge < -0.3 is 4.90 Å². The average Bonchev–Trinajstić information content (AvgIpc) is 3.97. The Morgan fingerprint density at radius 2 is 0.754 bits per heavy atom. The molecule has 3 aliphatic carbocycles. The van der Waals surface area contributed by atoms with Gasteiger partial charge in [-0.1, -0.05) is 220 Å². The van der Waals surface area contributed by atoms with Crippen molar-refractivity contribution in [2.24, 2.45) is 0 Å². The summed E-state index contributed by atoms with van der Waals surface area (Å²) < 4.78 is 0. The quantitative estimate of drug-likeness (QED) is 0.161. The first kappa shape index (κ1) is 39.6. The van der Waals surface area contributed by atoms with Gasteiger partial charge in [-0.05, 0) is 153 Å². The van der Waals surface area contributed by atoms with Crippen molar-refractivity contribution in [3.8, 4) is 66.8 Å². The lowest BCUT2D eigenvalue weighted by atomic mass is 9.70. The maximum absolute atomic E-state index is 2.51. The normalized spacial score (nSPS) is 13.9. The van der Waals surface area contributed by atoms with Crippen LogP contribution in [0, 0.1) is 0 Å². The molecule has 1 nitrogen and oxygen atoms in total. The zero-order chi connectivity index (χ0) is 45.8. The van der Waals surface area contributed by atoms with E-state index >= 15 is 0 Å². The summed E-state index contributed by atoms with van der Waals surface area (Å²) in [6, 6.07) is 93.0. The monoisotopic (exact) mass is 877 g/mol. The molecule has 3 aliphatic rings. The minimum atomic E-state index is -0.474. The fraction of sp³-hybridized carbons (Fsp3) is 0.0588. The summed E-state index contributed by atoms with van der Waals surface area (Å²) in [4.78, 5) is 2.43. The highest BCUT2D eigenvalue weighted by molar-refractivity contribution is 6.03. The van der Waals surface area contributed by atoms with Crippen LogP contribution in [0.2, 0.25) is 0 Å². The highest BCUT2D eigenvalue weighted by atomic mass is 15.1. The molecule has 69 heavy (non-hydrogen) atoms. The molecule has 0 saturated carbocycles. The van der Waals surface area contributed by atoms with Gasteiger partial charge in [0, 0.05) is 22.5 Å². The molecule has 1 spiro atoms. The van der Waals surface area contributed by atoms with Gasteiger partial charge in [-0.2, -0.15) is 0 Å². The van der Waals surface area contributed by atoms with Gasteiger partial charge in [-0.25, -0.2) is 0 Å². The van der Waals surface area contributed by atoms with Gasteiger partial charge in [0.05, 0.1) is 5.41 Å². The summed E-state index contributed by atoms with van der Waals surface area (Å²) in [5, 5.41) is 2.52. The third kappa shape index (κ3) is 5.71. The van der Waals surface area contributed by atoms with Crippen LogP contribution in [-0.4, -0.2) is 0 Å². The number of benzene rings is 11. The fourth-order valence-electron chi connectivity index (χ4n) is 12.6. The Morgan fingerprint density at radius 1 is 0.275 bits per heavy atom. The second kappa shape index (κ2) is 15.0. The summed E-state index contributed by atoms with van der Waals surface area (Å²) in [5.74, 6) is 0. The van der Waals surface area contributed by atoms with Crippen LogP contribution in [0.4, 0.5) is 17.1 Å². The predicted octanol–water partition coefficient (Wildman–Crippen LogP) is 18.0. The topological polar surface area (TPSA) is 3.24 Å². The molecule has 14 rings (SSSR count). The van der Waals surface area contributed by atoms with Gasteiger partial charge in [-0.15, -0.1) is 0 Å². The van der Waals surface area contributed by atoms with Crippen molar-refractivity contribution in [3.05, 3.63) is 282 Å². The Labute approximate surface area is 404 Å². The van der Waals surface area contributed by atoms with Crippen molar-refractivity contribution in [2.45, 2.75) is 24.7 Å². The number of rotatable bonds is 6. The standard InChI is InChI=1S/C68H47N/c1-67(2)60-26-11-8-21-55(60)58-41-39-51(43-64(58)67)69(49-35-30-45(31-36-49)44-16-4-3-5-17-44)50-37-32-47(33-38-50)54-25-15-29-63-66(54)59-40-34-48(53-24-14-19-46-18-6-7-20-52(46)53)42-65(59)68(63)61-27-12-9-22-56(61)57-23-10-13-28-62(57)68/h3-43H,1-2H3. The summed E-state index contributed by atoms with van der Waals surface area (Å²) >= 11 is 0. The van der Waals surface area contributed by atoms with Gasteiger partial charge in [0.2, 0.25) is 0 Å². The van der Waals surface area contributed by atoms with Crippen LogP contribution in [-0.2, 0) is 10.8 Å². The zero-order valence-electron chi connectivity index (χ0n) is 38.6. The van der Waals surface area contributed by atoms with Crippen molar-refractivity contribution in [3.63, 3.8) is 0 Å². The van der Waals surface area contributed by atoms with E-state index in [-0.39, 0.29) is 5.41 Å². The van der Waals surface area contributed by atoms with Crippen molar-refractivity contribution < 1.29 is 0 Å². The van der Waals surface area contributed by atoms with E-state index < -0.39 is 5.41 Å². The van der Waals surface area contributed by atoms with Crippen LogP contribution in [0.1, 0.15) is 47.2 Å². The maximum atomic E-state index is 2.51. The minimum absolute atomic E-state index is 0.119. The molecule has 0 aliphatic heterocycles. The first-order valence-corrected chi connectivity index (χ1v) is 24.2. The summed E-state index contributed by atoms with van der Waals surface area (Å²) in [6.45, 7) is 4.73. The summed E-state index contributed by atoms with van der Waals surface area (Å²) in [5.41, 5.74) is 26.1. The Bertz CT molecular complexity index is 3800. The lowest BCUT2D eigenvalue weighted by molar-refractivity contribution is 0.660. The molecule has 0 heterocycles. The highest BCUT2D eigenvalue weighted by Crippen LogP contribution is 2.64. The number of nitrogens with zero attached hydrogens (tertiary/aromatic N) is 1. The van der Waals surface area contributed by atoms with Crippen LogP contribution < -0.4 is 4.90 Å².